The molecule has 0 radical (unpaired) electrons. The summed E-state index contributed by atoms with van der Waals surface area (Å²) in [4.78, 5) is 17.3. The number of carbonyl (C=O) groups excluding carboxylic acids is 1. The molecule has 0 fully saturated rings. The number of hydrogen-bond donors (Lipinski definition) is 0. The van der Waals surface area contributed by atoms with Gasteiger partial charge in [0.15, 0.2) is 0 Å². The second-order valence-electron chi connectivity index (χ2n) is 3.65. The van der Waals surface area contributed by atoms with Crippen LogP contribution in [-0.4, -0.2) is 34.1 Å². The first-order chi connectivity index (χ1) is 6.65. The Morgan fingerprint density at radius 1 is 1.64 bits per heavy atom. The van der Waals surface area contributed by atoms with Gasteiger partial charge in [0, 0.05) is 26.0 Å². The van der Waals surface area contributed by atoms with Gasteiger partial charge in [-0.3, -0.25) is 4.57 Å². The van der Waals surface area contributed by atoms with Crippen LogP contribution in [0.4, 0.5) is 4.79 Å². The predicted molar refractivity (Wildman–Crippen MR) is 55.1 cm³/mol. The fourth-order valence-corrected chi connectivity index (χ4v) is 1.24. The van der Waals surface area contributed by atoms with Crippen molar-refractivity contribution >= 4 is 6.03 Å². The summed E-state index contributed by atoms with van der Waals surface area (Å²) in [5.41, 5.74) is 0. The maximum atomic E-state index is 11.7. The summed E-state index contributed by atoms with van der Waals surface area (Å²) in [5, 5.41) is 0. The van der Waals surface area contributed by atoms with Crippen molar-refractivity contribution < 1.29 is 4.79 Å². The Morgan fingerprint density at radius 3 is 2.86 bits per heavy atom. The van der Waals surface area contributed by atoms with Gasteiger partial charge in [0.2, 0.25) is 0 Å². The predicted octanol–water partition coefficient (Wildman–Crippen LogP) is 1.83. The second-order valence-corrected chi connectivity index (χ2v) is 3.65. The molecule has 0 aliphatic rings. The highest BCUT2D eigenvalue weighted by molar-refractivity contribution is 5.76. The molecule has 1 atom stereocenters. The average Bonchev–Trinajstić information content (AvgIpc) is 2.69. The van der Waals surface area contributed by atoms with Gasteiger partial charge in [0.1, 0.15) is 6.33 Å². The Kier molecular flexibility index (Phi) is 3.68. The lowest BCUT2D eigenvalue weighted by molar-refractivity contribution is 0.203. The molecular formula is C10H17N3O. The molecule has 1 heterocycles. The van der Waals surface area contributed by atoms with Gasteiger partial charge in [0.05, 0.1) is 0 Å². The molecule has 0 aliphatic heterocycles. The van der Waals surface area contributed by atoms with E-state index in [1.54, 1.807) is 17.3 Å². The van der Waals surface area contributed by atoms with Crippen LogP contribution in [0.1, 0.15) is 20.3 Å². The van der Waals surface area contributed by atoms with Crippen LogP contribution in [0.3, 0.4) is 0 Å². The Hall–Kier alpha value is -1.32. The highest BCUT2D eigenvalue weighted by Gasteiger charge is 2.12. The molecule has 0 bridgehead atoms. The van der Waals surface area contributed by atoms with E-state index in [4.69, 9.17) is 0 Å². The van der Waals surface area contributed by atoms with E-state index in [-0.39, 0.29) is 6.03 Å². The minimum atomic E-state index is -0.0252. The SMILES string of the molecule is CCC(C)CN(C)C(=O)n1ccnc1. The first-order valence-corrected chi connectivity index (χ1v) is 4.88. The van der Waals surface area contributed by atoms with Crippen molar-refractivity contribution in [3.05, 3.63) is 18.7 Å². The van der Waals surface area contributed by atoms with Crippen molar-refractivity contribution in [2.45, 2.75) is 20.3 Å². The summed E-state index contributed by atoms with van der Waals surface area (Å²) in [6.45, 7) is 5.05. The van der Waals surface area contributed by atoms with Crippen LogP contribution in [-0.2, 0) is 0 Å². The van der Waals surface area contributed by atoms with Crippen molar-refractivity contribution in [1.82, 2.24) is 14.5 Å². The molecule has 0 N–H and O–H groups in total. The van der Waals surface area contributed by atoms with Crippen LogP contribution in [0.15, 0.2) is 18.7 Å². The van der Waals surface area contributed by atoms with Gasteiger partial charge < -0.3 is 4.90 Å². The molecule has 1 unspecified atom stereocenters. The summed E-state index contributed by atoms with van der Waals surface area (Å²) >= 11 is 0. The summed E-state index contributed by atoms with van der Waals surface area (Å²) in [6, 6.07) is -0.0252. The number of aromatic nitrogens is 2. The largest absolute Gasteiger partial charge is 0.329 e. The number of imidazole rings is 1. The highest BCUT2D eigenvalue weighted by Crippen LogP contribution is 2.04. The molecular weight excluding hydrogens is 178 g/mol. The third-order valence-corrected chi connectivity index (χ3v) is 2.33. The van der Waals surface area contributed by atoms with Gasteiger partial charge in [-0.1, -0.05) is 20.3 Å². The fraction of sp³-hybridized carbons (Fsp3) is 0.600. The normalized spacial score (nSPS) is 12.5. The molecule has 1 aromatic heterocycles. The Morgan fingerprint density at radius 2 is 2.36 bits per heavy atom. The minimum absolute atomic E-state index is 0.0252. The lowest BCUT2D eigenvalue weighted by Gasteiger charge is -2.20. The molecule has 1 rings (SSSR count). The van der Waals surface area contributed by atoms with Gasteiger partial charge in [-0.25, -0.2) is 9.78 Å². The number of rotatable bonds is 3. The monoisotopic (exact) mass is 195 g/mol. The molecule has 0 saturated heterocycles. The van der Waals surface area contributed by atoms with Crippen LogP contribution < -0.4 is 0 Å². The van der Waals surface area contributed by atoms with Crippen LogP contribution in [0, 0.1) is 5.92 Å². The summed E-state index contributed by atoms with van der Waals surface area (Å²) in [7, 11) is 1.81. The zero-order chi connectivity index (χ0) is 10.6. The van der Waals surface area contributed by atoms with E-state index in [1.807, 2.05) is 7.05 Å². The van der Waals surface area contributed by atoms with Crippen molar-refractivity contribution in [1.29, 1.82) is 0 Å². The Balaban J connectivity index is 2.53. The van der Waals surface area contributed by atoms with Crippen LogP contribution >= 0.6 is 0 Å². The highest BCUT2D eigenvalue weighted by atomic mass is 16.2. The molecule has 1 amide bonds. The number of amides is 1. The summed E-state index contributed by atoms with van der Waals surface area (Å²) < 4.78 is 1.49. The van der Waals surface area contributed by atoms with E-state index in [0.29, 0.717) is 5.92 Å². The average molecular weight is 195 g/mol. The van der Waals surface area contributed by atoms with E-state index < -0.39 is 0 Å². The maximum Gasteiger partial charge on any atom is 0.329 e. The van der Waals surface area contributed by atoms with Gasteiger partial charge >= 0.3 is 6.03 Å². The molecule has 0 spiro atoms. The zero-order valence-corrected chi connectivity index (χ0v) is 8.97. The van der Waals surface area contributed by atoms with Crippen molar-refractivity contribution in [3.63, 3.8) is 0 Å². The van der Waals surface area contributed by atoms with Crippen LogP contribution in [0.25, 0.3) is 0 Å². The molecule has 4 nitrogen and oxygen atoms in total. The smallest absolute Gasteiger partial charge is 0.327 e. The van der Waals surface area contributed by atoms with E-state index in [2.05, 4.69) is 18.8 Å². The van der Waals surface area contributed by atoms with Gasteiger partial charge in [-0.15, -0.1) is 0 Å². The lowest BCUT2D eigenvalue weighted by Crippen LogP contribution is -2.33. The Labute approximate surface area is 84.5 Å². The minimum Gasteiger partial charge on any atom is -0.327 e. The molecule has 1 aromatic rings. The van der Waals surface area contributed by atoms with Gasteiger partial charge in [-0.05, 0) is 5.92 Å². The van der Waals surface area contributed by atoms with Crippen molar-refractivity contribution in [3.8, 4) is 0 Å². The van der Waals surface area contributed by atoms with E-state index in [1.165, 1.54) is 10.9 Å². The maximum absolute atomic E-state index is 11.7. The summed E-state index contributed by atoms with van der Waals surface area (Å²) in [5.74, 6) is 0.535. The van der Waals surface area contributed by atoms with E-state index >= 15 is 0 Å². The van der Waals surface area contributed by atoms with E-state index in [0.717, 1.165) is 13.0 Å². The fourth-order valence-electron chi connectivity index (χ4n) is 1.24. The topological polar surface area (TPSA) is 38.1 Å². The Bertz CT molecular complexity index is 282. The first-order valence-electron chi connectivity index (χ1n) is 4.88. The second kappa shape index (κ2) is 4.79. The first kappa shape index (κ1) is 10.8. The number of hydrogen-bond acceptors (Lipinski definition) is 2. The van der Waals surface area contributed by atoms with Gasteiger partial charge in [-0.2, -0.15) is 0 Å². The van der Waals surface area contributed by atoms with Gasteiger partial charge in [0.25, 0.3) is 0 Å². The van der Waals surface area contributed by atoms with Crippen LogP contribution in [0.5, 0.6) is 0 Å². The zero-order valence-electron chi connectivity index (χ0n) is 8.97. The van der Waals surface area contributed by atoms with Crippen molar-refractivity contribution in [2.75, 3.05) is 13.6 Å². The summed E-state index contributed by atoms with van der Waals surface area (Å²) in [6.07, 6.45) is 5.88. The molecule has 0 saturated carbocycles. The molecule has 4 heteroatoms. The standard InChI is InChI=1S/C10H17N3O/c1-4-9(2)7-12(3)10(14)13-6-5-11-8-13/h5-6,8-9H,4,7H2,1-3H3. The number of nitrogens with zero attached hydrogens (tertiary/aromatic N) is 3. The van der Waals surface area contributed by atoms with Crippen LogP contribution in [0.2, 0.25) is 0 Å². The molecule has 78 valence electrons. The molecule has 14 heavy (non-hydrogen) atoms. The van der Waals surface area contributed by atoms with E-state index in [9.17, 15) is 4.79 Å². The third-order valence-electron chi connectivity index (χ3n) is 2.33. The molecule has 0 aromatic carbocycles. The molecule has 0 aliphatic carbocycles. The van der Waals surface area contributed by atoms with Crippen molar-refractivity contribution in [2.24, 2.45) is 5.92 Å². The quantitative estimate of drug-likeness (QED) is 0.738. The third kappa shape index (κ3) is 2.58. The lowest BCUT2D eigenvalue weighted by atomic mass is 10.1. The number of carbonyl (C=O) groups is 1.